The van der Waals surface area contributed by atoms with E-state index in [1.165, 1.54) is 19.3 Å². The third-order valence-corrected chi connectivity index (χ3v) is 4.80. The van der Waals surface area contributed by atoms with Gasteiger partial charge in [-0.15, -0.1) is 0 Å². The normalized spacial score (nSPS) is 36.2. The van der Waals surface area contributed by atoms with Crippen molar-refractivity contribution in [3.63, 3.8) is 0 Å². The maximum atomic E-state index is 12.3. The summed E-state index contributed by atoms with van der Waals surface area (Å²) in [5.74, 6) is 1.25. The molecule has 18 heavy (non-hydrogen) atoms. The summed E-state index contributed by atoms with van der Waals surface area (Å²) in [4.78, 5) is 12.3. The largest absolute Gasteiger partial charge is 0.352 e. The van der Waals surface area contributed by atoms with Gasteiger partial charge in [0.2, 0.25) is 5.91 Å². The highest BCUT2D eigenvalue weighted by atomic mass is 16.2. The van der Waals surface area contributed by atoms with Crippen molar-refractivity contribution in [1.82, 2.24) is 5.32 Å². The first-order valence-electron chi connectivity index (χ1n) is 7.20. The smallest absolute Gasteiger partial charge is 0.227 e. The van der Waals surface area contributed by atoms with Crippen LogP contribution in [0.5, 0.6) is 0 Å². The lowest BCUT2D eigenvalue weighted by Crippen LogP contribution is -2.56. The van der Waals surface area contributed by atoms with E-state index < -0.39 is 5.41 Å². The maximum absolute atomic E-state index is 12.3. The summed E-state index contributed by atoms with van der Waals surface area (Å²) in [6.07, 6.45) is 5.82. The van der Waals surface area contributed by atoms with E-state index in [-0.39, 0.29) is 5.91 Å². The monoisotopic (exact) mass is 253 g/mol. The number of carbonyl (C=O) groups excluding carboxylic acids is 1. The number of fused-ring (bicyclic) bond motifs is 2. The number of hydrogen-bond acceptors (Lipinski definition) is 3. The summed E-state index contributed by atoms with van der Waals surface area (Å²) in [6, 6.07) is 0.660. The molecule has 2 saturated carbocycles. The van der Waals surface area contributed by atoms with Crippen LogP contribution >= 0.6 is 0 Å². The van der Waals surface area contributed by atoms with Gasteiger partial charge in [-0.25, -0.2) is 0 Å². The molecule has 0 aliphatic heterocycles. The van der Waals surface area contributed by atoms with E-state index in [0.717, 1.165) is 12.8 Å². The Kier molecular flexibility index (Phi) is 3.97. The molecule has 5 N–H and O–H groups in total. The maximum Gasteiger partial charge on any atom is 0.227 e. The Balaban J connectivity index is 2.03. The Morgan fingerprint density at radius 3 is 2.33 bits per heavy atom. The van der Waals surface area contributed by atoms with Gasteiger partial charge in [0, 0.05) is 18.6 Å². The Hall–Kier alpha value is -0.610. The van der Waals surface area contributed by atoms with Crippen molar-refractivity contribution < 1.29 is 4.79 Å². The molecule has 2 rings (SSSR count). The van der Waals surface area contributed by atoms with Crippen LogP contribution in [0.25, 0.3) is 0 Å². The van der Waals surface area contributed by atoms with E-state index in [4.69, 9.17) is 11.5 Å². The molecule has 0 aromatic rings. The van der Waals surface area contributed by atoms with Gasteiger partial charge < -0.3 is 16.8 Å². The fraction of sp³-hybridized carbons (Fsp3) is 0.929. The van der Waals surface area contributed by atoms with Crippen LogP contribution in [0.1, 0.15) is 46.0 Å². The van der Waals surface area contributed by atoms with E-state index in [9.17, 15) is 4.79 Å². The van der Waals surface area contributed by atoms with Gasteiger partial charge in [-0.3, -0.25) is 4.79 Å². The molecule has 1 amide bonds. The predicted octanol–water partition coefficient (Wildman–Crippen LogP) is 0.994. The van der Waals surface area contributed by atoms with Gasteiger partial charge in [-0.1, -0.05) is 6.42 Å². The van der Waals surface area contributed by atoms with Crippen LogP contribution in [0.3, 0.4) is 0 Å². The minimum Gasteiger partial charge on any atom is -0.352 e. The van der Waals surface area contributed by atoms with Crippen molar-refractivity contribution in [2.24, 2.45) is 28.7 Å². The molecule has 2 aliphatic rings. The van der Waals surface area contributed by atoms with Gasteiger partial charge in [0.25, 0.3) is 0 Å². The fourth-order valence-corrected chi connectivity index (χ4v) is 3.46. The van der Waals surface area contributed by atoms with Crippen molar-refractivity contribution in [2.75, 3.05) is 6.54 Å². The topological polar surface area (TPSA) is 81.1 Å². The standard InChI is InChI=1S/C14H27N3O/c1-14(2,8-15)13(18)17-12-9-4-3-5-10(12)7-11(16)6-9/h9-12H,3-8,15-16H2,1-2H3,(H,17,18). The molecule has 0 radical (unpaired) electrons. The Morgan fingerprint density at radius 1 is 1.28 bits per heavy atom. The van der Waals surface area contributed by atoms with Gasteiger partial charge in [0.1, 0.15) is 0 Å². The van der Waals surface area contributed by atoms with E-state index >= 15 is 0 Å². The third kappa shape index (κ3) is 2.69. The molecule has 2 bridgehead atoms. The third-order valence-electron chi connectivity index (χ3n) is 4.80. The average molecular weight is 253 g/mol. The molecule has 0 spiro atoms. The second kappa shape index (κ2) is 5.17. The number of nitrogens with two attached hydrogens (primary N) is 2. The van der Waals surface area contributed by atoms with Gasteiger partial charge >= 0.3 is 0 Å². The molecular formula is C14H27N3O. The van der Waals surface area contributed by atoms with Crippen LogP contribution in [0.15, 0.2) is 0 Å². The molecule has 0 aromatic carbocycles. The lowest BCUT2D eigenvalue weighted by molar-refractivity contribution is -0.131. The summed E-state index contributed by atoms with van der Waals surface area (Å²) >= 11 is 0. The van der Waals surface area contributed by atoms with Crippen LogP contribution in [-0.2, 0) is 4.79 Å². The summed E-state index contributed by atoms with van der Waals surface area (Å²) in [5.41, 5.74) is 11.3. The Labute approximate surface area is 110 Å². The second-order valence-corrected chi connectivity index (χ2v) is 6.77. The van der Waals surface area contributed by atoms with E-state index in [0.29, 0.717) is 30.5 Å². The SMILES string of the molecule is CC(C)(CN)C(=O)NC1C2CCCC1CC(N)C2. The van der Waals surface area contributed by atoms with Crippen molar-refractivity contribution in [2.45, 2.75) is 58.0 Å². The lowest BCUT2D eigenvalue weighted by atomic mass is 9.66. The number of nitrogens with one attached hydrogen (secondary N) is 1. The molecule has 2 atom stereocenters. The van der Waals surface area contributed by atoms with Crippen molar-refractivity contribution in [1.29, 1.82) is 0 Å². The second-order valence-electron chi connectivity index (χ2n) is 6.77. The number of amides is 1. The predicted molar refractivity (Wildman–Crippen MR) is 72.8 cm³/mol. The molecule has 104 valence electrons. The minimum absolute atomic E-state index is 0.0994. The zero-order chi connectivity index (χ0) is 13.3. The number of carbonyl (C=O) groups is 1. The molecule has 4 heteroatoms. The Morgan fingerprint density at radius 2 is 1.83 bits per heavy atom. The molecule has 2 fully saturated rings. The van der Waals surface area contributed by atoms with Crippen LogP contribution in [0.2, 0.25) is 0 Å². The van der Waals surface area contributed by atoms with Crippen LogP contribution in [0, 0.1) is 17.3 Å². The molecule has 4 nitrogen and oxygen atoms in total. The highest BCUT2D eigenvalue weighted by Crippen LogP contribution is 2.40. The first-order chi connectivity index (χ1) is 8.44. The van der Waals surface area contributed by atoms with Crippen molar-refractivity contribution >= 4 is 5.91 Å². The van der Waals surface area contributed by atoms with E-state index in [2.05, 4.69) is 5.32 Å². The van der Waals surface area contributed by atoms with E-state index in [1.54, 1.807) is 0 Å². The number of rotatable bonds is 3. The zero-order valence-electron chi connectivity index (χ0n) is 11.6. The average Bonchev–Trinajstić information content (AvgIpc) is 2.30. The summed E-state index contributed by atoms with van der Waals surface area (Å²) in [7, 11) is 0. The van der Waals surface area contributed by atoms with Crippen LogP contribution < -0.4 is 16.8 Å². The molecule has 0 aromatic heterocycles. The molecule has 2 aliphatic carbocycles. The fourth-order valence-electron chi connectivity index (χ4n) is 3.46. The summed E-state index contributed by atoms with van der Waals surface area (Å²) in [6.45, 7) is 4.21. The van der Waals surface area contributed by atoms with Gasteiger partial charge in [0.05, 0.1) is 5.41 Å². The van der Waals surface area contributed by atoms with E-state index in [1.807, 2.05) is 13.8 Å². The van der Waals surface area contributed by atoms with Gasteiger partial charge in [-0.05, 0) is 51.4 Å². The van der Waals surface area contributed by atoms with Crippen LogP contribution in [-0.4, -0.2) is 24.5 Å². The first kappa shape index (κ1) is 13.8. The van der Waals surface area contributed by atoms with Gasteiger partial charge in [0.15, 0.2) is 0 Å². The quantitative estimate of drug-likeness (QED) is 0.701. The Bertz CT molecular complexity index is 302. The zero-order valence-corrected chi connectivity index (χ0v) is 11.6. The lowest BCUT2D eigenvalue weighted by Gasteiger charge is -2.46. The number of hydrogen-bond donors (Lipinski definition) is 3. The van der Waals surface area contributed by atoms with Crippen LogP contribution in [0.4, 0.5) is 0 Å². The highest BCUT2D eigenvalue weighted by Gasteiger charge is 2.41. The van der Waals surface area contributed by atoms with Crippen molar-refractivity contribution in [3.05, 3.63) is 0 Å². The van der Waals surface area contributed by atoms with Gasteiger partial charge in [-0.2, -0.15) is 0 Å². The molecule has 0 saturated heterocycles. The summed E-state index contributed by atoms with van der Waals surface area (Å²) < 4.78 is 0. The molecule has 0 heterocycles. The minimum atomic E-state index is -0.464. The highest BCUT2D eigenvalue weighted by molar-refractivity contribution is 5.82. The molecule has 2 unspecified atom stereocenters. The molecular weight excluding hydrogens is 226 g/mol. The summed E-state index contributed by atoms with van der Waals surface area (Å²) in [5, 5.41) is 3.26. The first-order valence-corrected chi connectivity index (χ1v) is 7.20. The van der Waals surface area contributed by atoms with Crippen molar-refractivity contribution in [3.8, 4) is 0 Å².